The van der Waals surface area contributed by atoms with Crippen LogP contribution in [0.15, 0.2) is 34.2 Å². The second-order valence-corrected chi connectivity index (χ2v) is 6.84. The van der Waals surface area contributed by atoms with E-state index in [1.54, 1.807) is 17.6 Å². The van der Waals surface area contributed by atoms with Crippen molar-refractivity contribution in [2.45, 2.75) is 42.8 Å². The number of nitrogens with zero attached hydrogens (tertiary/aromatic N) is 2. The molecule has 1 aliphatic rings. The highest BCUT2D eigenvalue weighted by Crippen LogP contribution is 2.37. The summed E-state index contributed by atoms with van der Waals surface area (Å²) in [6.45, 7) is -1.34. The van der Waals surface area contributed by atoms with E-state index in [1.165, 1.54) is 18.2 Å². The minimum Gasteiger partial charge on any atom is -0.433 e. The lowest BCUT2D eigenvalue weighted by atomic mass is 10.3. The van der Waals surface area contributed by atoms with Gasteiger partial charge >= 0.3 is 12.3 Å². The molecule has 10 heteroatoms. The Hall–Kier alpha value is -2.36. The van der Waals surface area contributed by atoms with Gasteiger partial charge in [-0.05, 0) is 31.9 Å². The van der Waals surface area contributed by atoms with E-state index in [2.05, 4.69) is 20.3 Å². The van der Waals surface area contributed by atoms with Gasteiger partial charge in [0.15, 0.2) is 5.16 Å². The van der Waals surface area contributed by atoms with Gasteiger partial charge in [0.05, 0.1) is 10.9 Å². The largest absolute Gasteiger partial charge is 0.433 e. The van der Waals surface area contributed by atoms with Gasteiger partial charge in [-0.1, -0.05) is 23.9 Å². The molecule has 1 aromatic carbocycles. The van der Waals surface area contributed by atoms with Gasteiger partial charge in [0.25, 0.3) is 0 Å². The van der Waals surface area contributed by atoms with Crippen LogP contribution in [0.3, 0.4) is 0 Å². The number of nitrogens with one attached hydrogen (secondary N) is 2. The van der Waals surface area contributed by atoms with Gasteiger partial charge in [-0.25, -0.2) is 9.89 Å². The normalized spacial score (nSPS) is 15.2. The highest BCUT2D eigenvalue weighted by molar-refractivity contribution is 8.00. The fourth-order valence-electron chi connectivity index (χ4n) is 2.24. The number of benzene rings is 1. The SMILES string of the molecule is C[C@@H](Sc1n[nH]c(=O)n1C1CC1)C(=O)Nc1ccccc1OC(F)F. The van der Waals surface area contributed by atoms with Gasteiger partial charge in [0.2, 0.25) is 5.91 Å². The molecule has 0 unspecified atom stereocenters. The second kappa shape index (κ2) is 7.26. The predicted octanol–water partition coefficient (Wildman–Crippen LogP) is 2.63. The third-order valence-electron chi connectivity index (χ3n) is 3.60. The summed E-state index contributed by atoms with van der Waals surface area (Å²) in [6, 6.07) is 6.08. The number of thioether (sulfide) groups is 1. The van der Waals surface area contributed by atoms with Crippen molar-refractivity contribution < 1.29 is 18.3 Å². The van der Waals surface area contributed by atoms with Crippen molar-refractivity contribution in [1.82, 2.24) is 14.8 Å². The van der Waals surface area contributed by atoms with Crippen molar-refractivity contribution in [3.05, 3.63) is 34.7 Å². The molecule has 0 aliphatic heterocycles. The van der Waals surface area contributed by atoms with Crippen molar-refractivity contribution in [1.29, 1.82) is 0 Å². The molecule has 2 aromatic rings. The summed E-state index contributed by atoms with van der Waals surface area (Å²) in [4.78, 5) is 24.1. The molecule has 0 spiro atoms. The van der Waals surface area contributed by atoms with E-state index in [-0.39, 0.29) is 23.2 Å². The average Bonchev–Trinajstić information content (AvgIpc) is 3.33. The van der Waals surface area contributed by atoms with Crippen LogP contribution in [0.2, 0.25) is 0 Å². The van der Waals surface area contributed by atoms with Crippen LogP contribution >= 0.6 is 11.8 Å². The minimum atomic E-state index is -2.98. The molecule has 0 saturated heterocycles. The van der Waals surface area contributed by atoms with E-state index in [9.17, 15) is 18.4 Å². The molecule has 0 bridgehead atoms. The maximum absolute atomic E-state index is 12.4. The van der Waals surface area contributed by atoms with E-state index in [0.717, 1.165) is 24.6 Å². The molecule has 3 rings (SSSR count). The summed E-state index contributed by atoms with van der Waals surface area (Å²) in [6.07, 6.45) is 1.82. The van der Waals surface area contributed by atoms with Gasteiger partial charge < -0.3 is 10.1 Å². The summed E-state index contributed by atoms with van der Waals surface area (Å²) in [5.74, 6) is -0.522. The molecule has 1 aliphatic carbocycles. The Labute approximate surface area is 145 Å². The predicted molar refractivity (Wildman–Crippen MR) is 88.1 cm³/mol. The monoisotopic (exact) mass is 370 g/mol. The lowest BCUT2D eigenvalue weighted by molar-refractivity contribution is -0.115. The number of H-pyrrole nitrogens is 1. The average molecular weight is 370 g/mol. The Bertz CT molecular complexity index is 819. The molecule has 1 heterocycles. The van der Waals surface area contributed by atoms with Gasteiger partial charge in [-0.3, -0.25) is 9.36 Å². The number of halogens is 2. The fourth-order valence-corrected chi connectivity index (χ4v) is 3.17. The van der Waals surface area contributed by atoms with E-state index in [0.29, 0.717) is 5.16 Å². The van der Waals surface area contributed by atoms with Crippen LogP contribution in [0.25, 0.3) is 0 Å². The first kappa shape index (κ1) is 17.5. The molecule has 7 nitrogen and oxygen atoms in total. The molecular formula is C15H16F2N4O3S. The number of aromatic amines is 1. The summed E-state index contributed by atoms with van der Waals surface area (Å²) < 4.78 is 30.8. The lowest BCUT2D eigenvalue weighted by Gasteiger charge is -2.14. The number of amides is 1. The Kier molecular flexibility index (Phi) is 5.07. The topological polar surface area (TPSA) is 89.0 Å². The number of carbonyl (C=O) groups excluding carboxylic acids is 1. The highest BCUT2D eigenvalue weighted by Gasteiger charge is 2.30. The molecule has 1 amide bonds. The number of hydrogen-bond acceptors (Lipinski definition) is 5. The van der Waals surface area contributed by atoms with Crippen LogP contribution < -0.4 is 15.7 Å². The van der Waals surface area contributed by atoms with Crippen LogP contribution in [-0.2, 0) is 4.79 Å². The molecule has 1 fully saturated rings. The first-order chi connectivity index (χ1) is 12.0. The van der Waals surface area contributed by atoms with Gasteiger partial charge in [0, 0.05) is 6.04 Å². The number of para-hydroxylation sites is 2. The number of anilines is 1. The van der Waals surface area contributed by atoms with Crippen LogP contribution in [0, 0.1) is 0 Å². The molecule has 2 N–H and O–H groups in total. The van der Waals surface area contributed by atoms with E-state index in [1.807, 2.05) is 0 Å². The molecular weight excluding hydrogens is 354 g/mol. The molecule has 1 aromatic heterocycles. The Balaban J connectivity index is 1.69. The molecule has 1 saturated carbocycles. The maximum atomic E-state index is 12.4. The summed E-state index contributed by atoms with van der Waals surface area (Å²) >= 11 is 1.13. The number of carbonyl (C=O) groups is 1. The zero-order chi connectivity index (χ0) is 18.0. The summed E-state index contributed by atoms with van der Waals surface area (Å²) in [7, 11) is 0. The maximum Gasteiger partial charge on any atom is 0.387 e. The zero-order valence-electron chi connectivity index (χ0n) is 13.2. The van der Waals surface area contributed by atoms with Gasteiger partial charge in [-0.15, -0.1) is 5.10 Å². The Morgan fingerprint density at radius 3 is 2.84 bits per heavy atom. The first-order valence-corrected chi connectivity index (χ1v) is 8.52. The van der Waals surface area contributed by atoms with Crippen molar-refractivity contribution in [2.24, 2.45) is 0 Å². The van der Waals surface area contributed by atoms with Gasteiger partial charge in [-0.2, -0.15) is 8.78 Å². The van der Waals surface area contributed by atoms with E-state index in [4.69, 9.17) is 0 Å². The van der Waals surface area contributed by atoms with Crippen molar-refractivity contribution in [2.75, 3.05) is 5.32 Å². The van der Waals surface area contributed by atoms with Crippen molar-refractivity contribution in [3.8, 4) is 5.75 Å². The fraction of sp³-hybridized carbons (Fsp3) is 0.400. The van der Waals surface area contributed by atoms with Crippen LogP contribution in [-0.4, -0.2) is 32.5 Å². The minimum absolute atomic E-state index is 0.113. The lowest BCUT2D eigenvalue weighted by Crippen LogP contribution is -2.24. The standard InChI is InChI=1S/C15H16F2N4O3S/c1-8(25-15-20-19-14(23)21(15)9-6-7-9)12(22)18-10-4-2-3-5-11(10)24-13(16)17/h2-5,8-9,13H,6-7H2,1H3,(H,18,22)(H,19,23)/t8-/m1/s1. The van der Waals surface area contributed by atoms with Gasteiger partial charge in [0.1, 0.15) is 5.75 Å². The number of rotatable bonds is 7. The number of aromatic nitrogens is 3. The summed E-state index contributed by atoms with van der Waals surface area (Å²) in [5.41, 5.74) is -0.143. The quantitative estimate of drug-likeness (QED) is 0.732. The van der Waals surface area contributed by atoms with Crippen LogP contribution in [0.4, 0.5) is 14.5 Å². The first-order valence-electron chi connectivity index (χ1n) is 7.64. The van der Waals surface area contributed by atoms with Crippen LogP contribution in [0.1, 0.15) is 25.8 Å². The summed E-state index contributed by atoms with van der Waals surface area (Å²) in [5, 5.41) is 8.74. The van der Waals surface area contributed by atoms with Crippen LogP contribution in [0.5, 0.6) is 5.75 Å². The Morgan fingerprint density at radius 2 is 2.16 bits per heavy atom. The smallest absolute Gasteiger partial charge is 0.387 e. The molecule has 134 valence electrons. The number of alkyl halides is 2. The highest BCUT2D eigenvalue weighted by atomic mass is 32.2. The van der Waals surface area contributed by atoms with Crippen molar-refractivity contribution >= 4 is 23.4 Å². The van der Waals surface area contributed by atoms with E-state index >= 15 is 0 Å². The third-order valence-corrected chi connectivity index (χ3v) is 4.66. The number of ether oxygens (including phenoxy) is 1. The zero-order valence-corrected chi connectivity index (χ0v) is 14.1. The number of hydrogen-bond donors (Lipinski definition) is 2. The Morgan fingerprint density at radius 1 is 1.44 bits per heavy atom. The third kappa shape index (κ3) is 4.19. The second-order valence-electron chi connectivity index (χ2n) is 5.54. The van der Waals surface area contributed by atoms with E-state index < -0.39 is 17.8 Å². The van der Waals surface area contributed by atoms with Crippen molar-refractivity contribution in [3.63, 3.8) is 0 Å². The molecule has 1 atom stereocenters. The molecule has 0 radical (unpaired) electrons. The molecule has 25 heavy (non-hydrogen) atoms.